The minimum Gasteiger partial charge on any atom is -0.389 e. The van der Waals surface area contributed by atoms with Gasteiger partial charge in [0.25, 0.3) is 0 Å². The van der Waals surface area contributed by atoms with Gasteiger partial charge in [-0.2, -0.15) is 5.10 Å². The average Bonchev–Trinajstić information content (AvgIpc) is 2.99. The minimum atomic E-state index is -0.955. The first kappa shape index (κ1) is 17.9. The maximum atomic E-state index is 12.6. The molecule has 1 N–H and O–H groups in total. The van der Waals surface area contributed by atoms with E-state index in [1.54, 1.807) is 31.0 Å². The van der Waals surface area contributed by atoms with E-state index in [2.05, 4.69) is 5.10 Å². The summed E-state index contributed by atoms with van der Waals surface area (Å²) < 4.78 is 1.82. The van der Waals surface area contributed by atoms with E-state index in [4.69, 9.17) is 0 Å². The lowest BCUT2D eigenvalue weighted by Gasteiger charge is -2.28. The van der Waals surface area contributed by atoms with Crippen molar-refractivity contribution >= 4 is 12.0 Å². The lowest BCUT2D eigenvalue weighted by molar-refractivity contribution is -0.129. The van der Waals surface area contributed by atoms with Crippen molar-refractivity contribution in [3.63, 3.8) is 0 Å². The highest BCUT2D eigenvalue weighted by atomic mass is 16.3. The Morgan fingerprint density at radius 3 is 2.62 bits per heavy atom. The highest BCUT2D eigenvalue weighted by molar-refractivity contribution is 5.91. The summed E-state index contributed by atoms with van der Waals surface area (Å²) in [5.41, 5.74) is 0.958. The van der Waals surface area contributed by atoms with Crippen molar-refractivity contribution in [3.8, 4) is 0 Å². The number of hydrogen-bond acceptors (Lipinski definition) is 3. The summed E-state index contributed by atoms with van der Waals surface area (Å²) in [6.07, 6.45) is 5.02. The second kappa shape index (κ2) is 7.93. The monoisotopic (exact) mass is 327 g/mol. The number of nitrogens with zero attached hydrogens (tertiary/aromatic N) is 3. The van der Waals surface area contributed by atoms with Crippen LogP contribution in [0.3, 0.4) is 0 Å². The molecule has 5 nitrogen and oxygen atoms in total. The molecule has 0 aliphatic heterocycles. The van der Waals surface area contributed by atoms with Gasteiger partial charge in [-0.15, -0.1) is 0 Å². The Morgan fingerprint density at radius 2 is 2.00 bits per heavy atom. The van der Waals surface area contributed by atoms with Crippen molar-refractivity contribution in [1.82, 2.24) is 14.7 Å². The molecule has 128 valence electrons. The highest BCUT2D eigenvalue weighted by Crippen LogP contribution is 2.12. The van der Waals surface area contributed by atoms with Gasteiger partial charge in [0.2, 0.25) is 5.91 Å². The highest BCUT2D eigenvalue weighted by Gasteiger charge is 2.21. The molecule has 1 aromatic carbocycles. The van der Waals surface area contributed by atoms with Gasteiger partial charge in [0.1, 0.15) is 0 Å². The van der Waals surface area contributed by atoms with Crippen LogP contribution < -0.4 is 0 Å². The van der Waals surface area contributed by atoms with Crippen molar-refractivity contribution in [2.24, 2.45) is 0 Å². The van der Waals surface area contributed by atoms with Crippen molar-refractivity contribution in [2.45, 2.75) is 39.5 Å². The fourth-order valence-corrected chi connectivity index (χ4v) is 2.49. The lowest BCUT2D eigenvalue weighted by Crippen LogP contribution is -2.41. The first-order valence-corrected chi connectivity index (χ1v) is 8.14. The Bertz CT molecular complexity index is 684. The molecule has 0 unspecified atom stereocenters. The SMILES string of the molecule is CCn1nccc1/C=C/C(=O)N(Cc1ccccc1)CC(C)(C)O. The van der Waals surface area contributed by atoms with E-state index >= 15 is 0 Å². The van der Waals surface area contributed by atoms with Gasteiger partial charge in [-0.3, -0.25) is 9.48 Å². The number of carbonyl (C=O) groups is 1. The Kier molecular flexibility index (Phi) is 5.93. The lowest BCUT2D eigenvalue weighted by atomic mass is 10.1. The van der Waals surface area contributed by atoms with Crippen LogP contribution in [0.2, 0.25) is 0 Å². The number of aliphatic hydroxyl groups is 1. The minimum absolute atomic E-state index is 0.134. The van der Waals surface area contributed by atoms with Crippen LogP contribution >= 0.6 is 0 Å². The van der Waals surface area contributed by atoms with Crippen LogP contribution in [-0.2, 0) is 17.9 Å². The van der Waals surface area contributed by atoms with Gasteiger partial charge < -0.3 is 10.0 Å². The number of rotatable bonds is 7. The molecule has 0 bridgehead atoms. The standard InChI is InChI=1S/C19H25N3O2/c1-4-22-17(12-13-20-22)10-11-18(23)21(15-19(2,3)24)14-16-8-6-5-7-9-16/h5-13,24H,4,14-15H2,1-3H3/b11-10+. The molecule has 1 heterocycles. The summed E-state index contributed by atoms with van der Waals surface area (Å²) in [4.78, 5) is 14.3. The van der Waals surface area contributed by atoms with Gasteiger partial charge >= 0.3 is 0 Å². The van der Waals surface area contributed by atoms with Crippen molar-refractivity contribution in [3.05, 3.63) is 59.9 Å². The predicted octanol–water partition coefficient (Wildman–Crippen LogP) is 2.72. The number of aromatic nitrogens is 2. The summed E-state index contributed by atoms with van der Waals surface area (Å²) >= 11 is 0. The molecule has 0 atom stereocenters. The molecule has 1 amide bonds. The molecule has 24 heavy (non-hydrogen) atoms. The fraction of sp³-hybridized carbons (Fsp3) is 0.368. The zero-order chi connectivity index (χ0) is 17.6. The second-order valence-electron chi connectivity index (χ2n) is 6.40. The number of carbonyl (C=O) groups excluding carboxylic acids is 1. The maximum Gasteiger partial charge on any atom is 0.247 e. The van der Waals surface area contributed by atoms with E-state index in [9.17, 15) is 9.90 Å². The molecule has 1 aromatic heterocycles. The summed E-state index contributed by atoms with van der Waals surface area (Å²) in [6.45, 7) is 6.88. The van der Waals surface area contributed by atoms with E-state index < -0.39 is 5.60 Å². The number of benzene rings is 1. The molecule has 0 radical (unpaired) electrons. The topological polar surface area (TPSA) is 58.4 Å². The zero-order valence-corrected chi connectivity index (χ0v) is 14.5. The van der Waals surface area contributed by atoms with Crippen LogP contribution in [0.15, 0.2) is 48.7 Å². The van der Waals surface area contributed by atoms with E-state index in [0.29, 0.717) is 6.54 Å². The molecule has 2 aromatic rings. The first-order valence-electron chi connectivity index (χ1n) is 8.14. The molecule has 0 aliphatic carbocycles. The van der Waals surface area contributed by atoms with Gasteiger partial charge in [-0.25, -0.2) is 0 Å². The van der Waals surface area contributed by atoms with Gasteiger partial charge in [0, 0.05) is 31.9 Å². The quantitative estimate of drug-likeness (QED) is 0.796. The van der Waals surface area contributed by atoms with Crippen LogP contribution in [0.4, 0.5) is 0 Å². The Morgan fingerprint density at radius 1 is 1.29 bits per heavy atom. The zero-order valence-electron chi connectivity index (χ0n) is 14.5. The average molecular weight is 327 g/mol. The summed E-state index contributed by atoms with van der Waals surface area (Å²) in [5, 5.41) is 14.3. The van der Waals surface area contributed by atoms with Gasteiger partial charge in [0.15, 0.2) is 0 Å². The molecule has 2 rings (SSSR count). The van der Waals surface area contributed by atoms with Crippen LogP contribution in [0, 0.1) is 0 Å². The van der Waals surface area contributed by atoms with Crippen molar-refractivity contribution in [2.75, 3.05) is 6.54 Å². The van der Waals surface area contributed by atoms with Crippen molar-refractivity contribution < 1.29 is 9.90 Å². The molecule has 0 fully saturated rings. The normalized spacial score (nSPS) is 11.8. The third-order valence-electron chi connectivity index (χ3n) is 3.55. The number of amides is 1. The second-order valence-corrected chi connectivity index (χ2v) is 6.40. The first-order chi connectivity index (χ1) is 11.4. The van der Waals surface area contributed by atoms with Crippen molar-refractivity contribution in [1.29, 1.82) is 0 Å². The third kappa shape index (κ3) is 5.35. The Labute approximate surface area is 143 Å². The predicted molar refractivity (Wildman–Crippen MR) is 95.1 cm³/mol. The molecule has 5 heteroatoms. The van der Waals surface area contributed by atoms with E-state index in [1.807, 2.05) is 48.0 Å². The summed E-state index contributed by atoms with van der Waals surface area (Å²) in [5.74, 6) is -0.134. The summed E-state index contributed by atoms with van der Waals surface area (Å²) in [7, 11) is 0. The molecule has 0 saturated heterocycles. The molecule has 0 aliphatic rings. The van der Waals surface area contributed by atoms with Gasteiger partial charge in [0.05, 0.1) is 11.3 Å². The van der Waals surface area contributed by atoms with Crippen LogP contribution in [0.1, 0.15) is 32.0 Å². The summed E-state index contributed by atoms with van der Waals surface area (Å²) in [6, 6.07) is 11.6. The maximum absolute atomic E-state index is 12.6. The van der Waals surface area contributed by atoms with E-state index in [-0.39, 0.29) is 12.5 Å². The Balaban J connectivity index is 2.14. The Hall–Kier alpha value is -2.40. The number of hydrogen-bond donors (Lipinski definition) is 1. The van der Waals surface area contributed by atoms with Gasteiger partial charge in [-0.05, 0) is 38.5 Å². The number of aryl methyl sites for hydroxylation is 1. The van der Waals surface area contributed by atoms with Crippen LogP contribution in [0.25, 0.3) is 6.08 Å². The smallest absolute Gasteiger partial charge is 0.247 e. The van der Waals surface area contributed by atoms with Crippen LogP contribution in [-0.4, -0.2) is 37.8 Å². The van der Waals surface area contributed by atoms with E-state index in [1.165, 1.54) is 6.08 Å². The third-order valence-corrected chi connectivity index (χ3v) is 3.55. The molecular weight excluding hydrogens is 302 g/mol. The molecule has 0 spiro atoms. The molecular formula is C19H25N3O2. The molecule has 0 saturated carbocycles. The fourth-order valence-electron chi connectivity index (χ4n) is 2.49. The largest absolute Gasteiger partial charge is 0.389 e. The van der Waals surface area contributed by atoms with Gasteiger partial charge in [-0.1, -0.05) is 30.3 Å². The van der Waals surface area contributed by atoms with E-state index in [0.717, 1.165) is 17.8 Å². The van der Waals surface area contributed by atoms with Crippen LogP contribution in [0.5, 0.6) is 0 Å².